The van der Waals surface area contributed by atoms with Crippen LogP contribution in [-0.2, 0) is 19.1 Å². The highest BCUT2D eigenvalue weighted by Crippen LogP contribution is 2.27. The molecule has 0 bridgehead atoms. The number of methoxy groups -OCH3 is 1. The zero-order valence-corrected chi connectivity index (χ0v) is 13.3. The lowest BCUT2D eigenvalue weighted by atomic mass is 10.1. The first-order valence-electron chi connectivity index (χ1n) is 6.97. The molecule has 0 aromatic heterocycles. The number of carbonyl (C=O) groups excluding carboxylic acids is 2. The smallest absolute Gasteiger partial charge is 0.328 e. The van der Waals surface area contributed by atoms with E-state index in [4.69, 9.17) is 9.47 Å². The van der Waals surface area contributed by atoms with Crippen LogP contribution in [0.4, 0.5) is 5.69 Å². The number of carbonyl (C=O) groups is 2. The molecule has 5 heteroatoms. The molecule has 1 unspecified atom stereocenters. The van der Waals surface area contributed by atoms with Crippen LogP contribution in [0, 0.1) is 13.8 Å². The SMILES string of the molecule is CCOC(=O)C(C)N(C(=O)COC)c1c(C)cccc1C. The van der Waals surface area contributed by atoms with Crippen LogP contribution in [0.5, 0.6) is 0 Å². The zero-order chi connectivity index (χ0) is 16.0. The normalized spacial score (nSPS) is 11.9. The van der Waals surface area contributed by atoms with Gasteiger partial charge in [0, 0.05) is 7.11 Å². The van der Waals surface area contributed by atoms with Crippen LogP contribution in [0.15, 0.2) is 18.2 Å². The van der Waals surface area contributed by atoms with Gasteiger partial charge in [-0.1, -0.05) is 18.2 Å². The van der Waals surface area contributed by atoms with E-state index in [1.165, 1.54) is 12.0 Å². The van der Waals surface area contributed by atoms with Crippen LogP contribution in [0.2, 0.25) is 0 Å². The fourth-order valence-corrected chi connectivity index (χ4v) is 2.28. The monoisotopic (exact) mass is 293 g/mol. The number of aryl methyl sites for hydroxylation is 2. The number of para-hydroxylation sites is 1. The fourth-order valence-electron chi connectivity index (χ4n) is 2.28. The van der Waals surface area contributed by atoms with Crippen molar-refractivity contribution >= 4 is 17.6 Å². The first-order chi connectivity index (χ1) is 9.93. The highest BCUT2D eigenvalue weighted by Gasteiger charge is 2.30. The number of amides is 1. The topological polar surface area (TPSA) is 55.8 Å². The van der Waals surface area contributed by atoms with Gasteiger partial charge in [-0.3, -0.25) is 9.69 Å². The van der Waals surface area contributed by atoms with Gasteiger partial charge in [-0.25, -0.2) is 4.79 Å². The molecule has 0 heterocycles. The molecular weight excluding hydrogens is 270 g/mol. The largest absolute Gasteiger partial charge is 0.464 e. The molecule has 1 atom stereocenters. The van der Waals surface area contributed by atoms with Gasteiger partial charge in [-0.2, -0.15) is 0 Å². The number of benzene rings is 1. The maximum Gasteiger partial charge on any atom is 0.328 e. The first kappa shape index (κ1) is 17.2. The number of rotatable bonds is 6. The third-order valence-corrected chi connectivity index (χ3v) is 3.23. The van der Waals surface area contributed by atoms with Crippen molar-refractivity contribution in [3.63, 3.8) is 0 Å². The molecule has 1 aromatic carbocycles. The summed E-state index contributed by atoms with van der Waals surface area (Å²) in [6.45, 7) is 7.42. The maximum atomic E-state index is 12.4. The Hall–Kier alpha value is -1.88. The van der Waals surface area contributed by atoms with E-state index >= 15 is 0 Å². The van der Waals surface area contributed by atoms with Gasteiger partial charge in [-0.15, -0.1) is 0 Å². The summed E-state index contributed by atoms with van der Waals surface area (Å²) in [5.74, 6) is -0.694. The van der Waals surface area contributed by atoms with Gasteiger partial charge in [0.05, 0.1) is 12.3 Å². The van der Waals surface area contributed by atoms with Crippen molar-refractivity contribution in [1.29, 1.82) is 0 Å². The molecule has 21 heavy (non-hydrogen) atoms. The summed E-state index contributed by atoms with van der Waals surface area (Å²) in [4.78, 5) is 25.9. The Kier molecular flexibility index (Phi) is 6.37. The standard InChI is InChI=1S/C16H23NO4/c1-6-21-16(19)13(4)17(14(18)10-20-5)15-11(2)8-7-9-12(15)3/h7-9,13H,6,10H2,1-5H3. The fraction of sp³-hybridized carbons (Fsp3) is 0.500. The van der Waals surface area contributed by atoms with Crippen molar-refractivity contribution in [2.24, 2.45) is 0 Å². The number of nitrogens with zero attached hydrogens (tertiary/aromatic N) is 1. The number of ether oxygens (including phenoxy) is 2. The lowest BCUT2D eigenvalue weighted by molar-refractivity contribution is -0.145. The van der Waals surface area contributed by atoms with Crippen molar-refractivity contribution in [2.75, 3.05) is 25.2 Å². The second kappa shape index (κ2) is 7.78. The van der Waals surface area contributed by atoms with Gasteiger partial charge in [0.2, 0.25) is 0 Å². The van der Waals surface area contributed by atoms with Crippen LogP contribution < -0.4 is 4.90 Å². The minimum Gasteiger partial charge on any atom is -0.464 e. The summed E-state index contributed by atoms with van der Waals surface area (Å²) in [5.41, 5.74) is 2.59. The van der Waals surface area contributed by atoms with Crippen molar-refractivity contribution in [2.45, 2.75) is 33.7 Å². The minimum atomic E-state index is -0.701. The number of hydrogen-bond acceptors (Lipinski definition) is 4. The van der Waals surface area contributed by atoms with Gasteiger partial charge in [0.25, 0.3) is 5.91 Å². The molecule has 116 valence electrons. The summed E-state index contributed by atoms with van der Waals surface area (Å²) in [7, 11) is 1.45. The molecule has 0 aliphatic rings. The average molecular weight is 293 g/mol. The molecule has 0 aliphatic heterocycles. The van der Waals surface area contributed by atoms with Crippen molar-refractivity contribution in [3.05, 3.63) is 29.3 Å². The summed E-state index contributed by atoms with van der Waals surface area (Å²) in [6.07, 6.45) is 0. The highest BCUT2D eigenvalue weighted by atomic mass is 16.5. The van der Waals surface area contributed by atoms with E-state index in [0.717, 1.165) is 16.8 Å². The molecule has 1 aromatic rings. The summed E-state index contributed by atoms with van der Waals surface area (Å²) < 4.78 is 9.97. The van der Waals surface area contributed by atoms with E-state index < -0.39 is 12.0 Å². The quantitative estimate of drug-likeness (QED) is 0.755. The van der Waals surface area contributed by atoms with E-state index in [1.807, 2.05) is 32.0 Å². The van der Waals surface area contributed by atoms with Crippen LogP contribution in [-0.4, -0.2) is 38.2 Å². The van der Waals surface area contributed by atoms with Crippen LogP contribution in [0.1, 0.15) is 25.0 Å². The first-order valence-corrected chi connectivity index (χ1v) is 6.97. The lowest BCUT2D eigenvalue weighted by Crippen LogP contribution is -2.46. The molecule has 1 amide bonds. The van der Waals surface area contributed by atoms with Crippen LogP contribution in [0.25, 0.3) is 0 Å². The van der Waals surface area contributed by atoms with E-state index in [2.05, 4.69) is 0 Å². The molecule has 0 fully saturated rings. The Morgan fingerprint density at radius 1 is 1.24 bits per heavy atom. The lowest BCUT2D eigenvalue weighted by Gasteiger charge is -2.30. The Morgan fingerprint density at radius 2 is 1.81 bits per heavy atom. The van der Waals surface area contributed by atoms with E-state index in [1.54, 1.807) is 13.8 Å². The van der Waals surface area contributed by atoms with Crippen molar-refractivity contribution in [1.82, 2.24) is 0 Å². The molecule has 0 saturated heterocycles. The predicted molar refractivity (Wildman–Crippen MR) is 81.4 cm³/mol. The maximum absolute atomic E-state index is 12.4. The molecule has 0 N–H and O–H groups in total. The summed E-state index contributed by atoms with van der Waals surface area (Å²) in [6, 6.07) is 5.04. The summed E-state index contributed by atoms with van der Waals surface area (Å²) >= 11 is 0. The van der Waals surface area contributed by atoms with E-state index in [0.29, 0.717) is 0 Å². The second-order valence-corrected chi connectivity index (χ2v) is 4.87. The highest BCUT2D eigenvalue weighted by molar-refractivity contribution is 6.01. The Morgan fingerprint density at radius 3 is 2.29 bits per heavy atom. The van der Waals surface area contributed by atoms with Gasteiger partial charge in [-0.05, 0) is 38.8 Å². The Bertz CT molecular complexity index is 493. The predicted octanol–water partition coefficient (Wildman–Crippen LogP) is 2.23. The third-order valence-electron chi connectivity index (χ3n) is 3.23. The molecule has 0 radical (unpaired) electrons. The van der Waals surface area contributed by atoms with Crippen molar-refractivity contribution in [3.8, 4) is 0 Å². The molecule has 5 nitrogen and oxygen atoms in total. The minimum absolute atomic E-state index is 0.0858. The van der Waals surface area contributed by atoms with Crippen LogP contribution in [0.3, 0.4) is 0 Å². The van der Waals surface area contributed by atoms with Crippen molar-refractivity contribution < 1.29 is 19.1 Å². The van der Waals surface area contributed by atoms with Gasteiger partial charge >= 0.3 is 5.97 Å². The van der Waals surface area contributed by atoms with E-state index in [9.17, 15) is 9.59 Å². The third kappa shape index (κ3) is 4.04. The van der Waals surface area contributed by atoms with Crippen LogP contribution >= 0.6 is 0 Å². The Balaban J connectivity index is 3.25. The molecular formula is C16H23NO4. The second-order valence-electron chi connectivity index (χ2n) is 4.87. The van der Waals surface area contributed by atoms with Gasteiger partial charge < -0.3 is 9.47 Å². The number of hydrogen-bond donors (Lipinski definition) is 0. The number of esters is 1. The Labute approximate surface area is 125 Å². The van der Waals surface area contributed by atoms with Gasteiger partial charge in [0.15, 0.2) is 0 Å². The zero-order valence-electron chi connectivity index (χ0n) is 13.3. The number of anilines is 1. The molecule has 0 saturated carbocycles. The molecule has 1 rings (SSSR count). The molecule has 0 spiro atoms. The van der Waals surface area contributed by atoms with E-state index in [-0.39, 0.29) is 19.1 Å². The van der Waals surface area contributed by atoms with Gasteiger partial charge in [0.1, 0.15) is 12.6 Å². The summed E-state index contributed by atoms with van der Waals surface area (Å²) in [5, 5.41) is 0. The molecule has 0 aliphatic carbocycles. The average Bonchev–Trinajstić information content (AvgIpc) is 2.42.